The Balaban J connectivity index is 0.00000450. The number of para-hydroxylation sites is 1. The first-order valence-electron chi connectivity index (χ1n) is 9.04. The molecule has 2 aromatic rings. The topological polar surface area (TPSA) is 75.1 Å². The van der Waals surface area contributed by atoms with Crippen molar-refractivity contribution in [2.24, 2.45) is 4.99 Å². The zero-order chi connectivity index (χ0) is 21.2. The quantitative estimate of drug-likeness (QED) is 0.240. The minimum absolute atomic E-state index is 0. The fraction of sp³-hybridized carbons (Fsp3) is 0.350. The van der Waals surface area contributed by atoms with E-state index in [1.165, 1.54) is 19.2 Å². The van der Waals surface area contributed by atoms with E-state index in [2.05, 4.69) is 20.4 Å². The molecule has 6 nitrogen and oxygen atoms in total. The summed E-state index contributed by atoms with van der Waals surface area (Å²) < 4.78 is 34.8. The molecule has 2 aromatic carbocycles. The number of aromatic hydroxyl groups is 1. The highest BCUT2D eigenvalue weighted by atomic mass is 127. The van der Waals surface area contributed by atoms with E-state index < -0.39 is 6.61 Å². The summed E-state index contributed by atoms with van der Waals surface area (Å²) in [5.74, 6) is 1.05. The second-order valence-electron chi connectivity index (χ2n) is 5.97. The third-order valence-electron chi connectivity index (χ3n) is 3.98. The van der Waals surface area contributed by atoms with Gasteiger partial charge in [-0.2, -0.15) is 8.78 Å². The van der Waals surface area contributed by atoms with Crippen molar-refractivity contribution in [1.29, 1.82) is 0 Å². The number of phenolic OH excluding ortho intramolecular Hbond substituents is 1. The highest BCUT2D eigenvalue weighted by molar-refractivity contribution is 14.0. The first-order valence-corrected chi connectivity index (χ1v) is 9.42. The number of methoxy groups -OCH3 is 1. The van der Waals surface area contributed by atoms with Gasteiger partial charge in [-0.05, 0) is 43.2 Å². The maximum atomic E-state index is 12.6. The Morgan fingerprint density at radius 2 is 1.93 bits per heavy atom. The van der Waals surface area contributed by atoms with E-state index in [9.17, 15) is 13.9 Å². The number of hydrogen-bond acceptors (Lipinski definition) is 4. The van der Waals surface area contributed by atoms with Gasteiger partial charge in [0.25, 0.3) is 0 Å². The molecule has 0 aliphatic heterocycles. The zero-order valence-electron chi connectivity index (χ0n) is 16.6. The van der Waals surface area contributed by atoms with Gasteiger partial charge in [-0.15, -0.1) is 24.0 Å². The SMILES string of the molecule is CCNC(=NCc1cc(Cl)ccc1OC(F)F)NCCc1cccc(OC)c1O.I. The number of guanidine groups is 1. The van der Waals surface area contributed by atoms with Crippen molar-refractivity contribution in [2.45, 2.75) is 26.5 Å². The molecule has 10 heteroatoms. The predicted molar refractivity (Wildman–Crippen MR) is 125 cm³/mol. The Morgan fingerprint density at radius 3 is 2.60 bits per heavy atom. The largest absolute Gasteiger partial charge is 0.504 e. The monoisotopic (exact) mass is 555 g/mol. The summed E-state index contributed by atoms with van der Waals surface area (Å²) in [6.45, 7) is 0.188. The Hall–Kier alpha value is -2.01. The summed E-state index contributed by atoms with van der Waals surface area (Å²) in [4.78, 5) is 4.40. The standard InChI is InChI=1S/C20H24ClF2N3O3.HI/c1-3-24-20(25-10-9-13-5-4-6-17(28-2)18(13)27)26-12-14-11-15(21)7-8-16(14)29-19(22)23;/h4-8,11,19,27H,3,9-10,12H2,1-2H3,(H2,24,25,26);1H. The summed E-state index contributed by atoms with van der Waals surface area (Å²) in [7, 11) is 1.49. The maximum Gasteiger partial charge on any atom is 0.387 e. The first kappa shape index (κ1) is 26.0. The Morgan fingerprint density at radius 1 is 1.17 bits per heavy atom. The Bertz CT molecular complexity index is 841. The number of rotatable bonds is 9. The van der Waals surface area contributed by atoms with Gasteiger partial charge in [0, 0.05) is 23.7 Å². The maximum absolute atomic E-state index is 12.6. The molecule has 2 rings (SSSR count). The van der Waals surface area contributed by atoms with Crippen molar-refractivity contribution in [3.63, 3.8) is 0 Å². The summed E-state index contributed by atoms with van der Waals surface area (Å²) in [6, 6.07) is 9.71. The van der Waals surface area contributed by atoms with Crippen LogP contribution in [0.5, 0.6) is 17.2 Å². The van der Waals surface area contributed by atoms with Crippen molar-refractivity contribution < 1.29 is 23.4 Å². The molecule has 0 saturated carbocycles. The molecular weight excluding hydrogens is 531 g/mol. The normalized spacial score (nSPS) is 11.1. The molecule has 0 aliphatic carbocycles. The van der Waals surface area contributed by atoms with Crippen LogP contribution < -0.4 is 20.1 Å². The van der Waals surface area contributed by atoms with Crippen LogP contribution >= 0.6 is 35.6 Å². The average Bonchev–Trinajstić information content (AvgIpc) is 2.69. The second kappa shape index (κ2) is 13.3. The lowest BCUT2D eigenvalue weighted by molar-refractivity contribution is -0.0504. The van der Waals surface area contributed by atoms with Crippen LogP contribution in [0.4, 0.5) is 8.78 Å². The van der Waals surface area contributed by atoms with Crippen LogP contribution in [0.2, 0.25) is 5.02 Å². The lowest BCUT2D eigenvalue weighted by atomic mass is 10.1. The van der Waals surface area contributed by atoms with Gasteiger partial charge in [-0.25, -0.2) is 4.99 Å². The Kier molecular flexibility index (Phi) is 11.6. The summed E-state index contributed by atoms with van der Waals surface area (Å²) in [6.07, 6.45) is 0.532. The lowest BCUT2D eigenvalue weighted by Gasteiger charge is -2.14. The van der Waals surface area contributed by atoms with Crippen molar-refractivity contribution in [3.8, 4) is 17.2 Å². The van der Waals surface area contributed by atoms with Gasteiger partial charge >= 0.3 is 6.61 Å². The first-order chi connectivity index (χ1) is 13.9. The Labute approximate surface area is 196 Å². The number of nitrogens with one attached hydrogen (secondary N) is 2. The molecule has 0 heterocycles. The van der Waals surface area contributed by atoms with Crippen LogP contribution in [-0.2, 0) is 13.0 Å². The van der Waals surface area contributed by atoms with Gasteiger partial charge in [0.2, 0.25) is 0 Å². The van der Waals surface area contributed by atoms with Gasteiger partial charge in [-0.3, -0.25) is 0 Å². The summed E-state index contributed by atoms with van der Waals surface area (Å²) in [5, 5.41) is 16.8. The average molecular weight is 556 g/mol. The van der Waals surface area contributed by atoms with E-state index in [4.69, 9.17) is 16.3 Å². The van der Waals surface area contributed by atoms with Crippen LogP contribution in [0, 0.1) is 0 Å². The highest BCUT2D eigenvalue weighted by Gasteiger charge is 2.11. The van der Waals surface area contributed by atoms with Crippen molar-refractivity contribution >= 4 is 41.5 Å². The van der Waals surface area contributed by atoms with Crippen molar-refractivity contribution in [3.05, 3.63) is 52.5 Å². The van der Waals surface area contributed by atoms with Crippen molar-refractivity contribution in [1.82, 2.24) is 10.6 Å². The number of ether oxygens (including phenoxy) is 2. The molecule has 0 atom stereocenters. The number of halogens is 4. The number of benzene rings is 2. The molecule has 0 amide bonds. The van der Waals surface area contributed by atoms with Gasteiger partial charge in [0.15, 0.2) is 17.5 Å². The molecule has 0 bridgehead atoms. The summed E-state index contributed by atoms with van der Waals surface area (Å²) >= 11 is 5.96. The minimum atomic E-state index is -2.93. The molecular formula is C20H25ClF2IN3O3. The van der Waals surface area contributed by atoms with E-state index in [1.54, 1.807) is 18.2 Å². The van der Waals surface area contributed by atoms with Gasteiger partial charge in [0.05, 0.1) is 13.7 Å². The van der Waals surface area contributed by atoms with Crippen molar-refractivity contribution in [2.75, 3.05) is 20.2 Å². The summed E-state index contributed by atoms with van der Waals surface area (Å²) in [5.41, 5.74) is 1.18. The predicted octanol–water partition coefficient (Wildman–Crippen LogP) is 4.57. The fourth-order valence-electron chi connectivity index (χ4n) is 2.64. The molecule has 0 radical (unpaired) electrons. The number of nitrogens with zero attached hydrogens (tertiary/aromatic N) is 1. The van der Waals surface area contributed by atoms with Gasteiger partial charge in [-0.1, -0.05) is 23.7 Å². The van der Waals surface area contributed by atoms with Crippen LogP contribution in [-0.4, -0.2) is 37.9 Å². The smallest absolute Gasteiger partial charge is 0.387 e. The number of alkyl halides is 2. The van der Waals surface area contributed by atoms with E-state index >= 15 is 0 Å². The third kappa shape index (κ3) is 8.02. The van der Waals surface area contributed by atoms with E-state index in [0.29, 0.717) is 41.8 Å². The van der Waals surface area contributed by atoms with E-state index in [1.807, 2.05) is 13.0 Å². The molecule has 0 unspecified atom stereocenters. The highest BCUT2D eigenvalue weighted by Crippen LogP contribution is 2.29. The molecule has 0 fully saturated rings. The van der Waals surface area contributed by atoms with Crippen LogP contribution in [0.15, 0.2) is 41.4 Å². The molecule has 0 spiro atoms. The zero-order valence-corrected chi connectivity index (χ0v) is 19.7. The lowest BCUT2D eigenvalue weighted by Crippen LogP contribution is -2.38. The van der Waals surface area contributed by atoms with Crippen LogP contribution in [0.3, 0.4) is 0 Å². The molecule has 3 N–H and O–H groups in total. The second-order valence-corrected chi connectivity index (χ2v) is 6.41. The van der Waals surface area contributed by atoms with Crippen LogP contribution in [0.25, 0.3) is 0 Å². The number of phenols is 1. The molecule has 166 valence electrons. The third-order valence-corrected chi connectivity index (χ3v) is 4.21. The minimum Gasteiger partial charge on any atom is -0.504 e. The van der Waals surface area contributed by atoms with Gasteiger partial charge in [0.1, 0.15) is 5.75 Å². The molecule has 30 heavy (non-hydrogen) atoms. The fourth-order valence-corrected chi connectivity index (χ4v) is 2.83. The molecule has 0 aliphatic rings. The number of aliphatic imine (C=N–C) groups is 1. The number of hydrogen-bond donors (Lipinski definition) is 3. The van der Waals surface area contributed by atoms with E-state index in [0.717, 1.165) is 5.56 Å². The van der Waals surface area contributed by atoms with Gasteiger partial charge < -0.3 is 25.2 Å². The van der Waals surface area contributed by atoms with Crippen LogP contribution in [0.1, 0.15) is 18.1 Å². The molecule has 0 saturated heterocycles. The molecule has 0 aromatic heterocycles. The van der Waals surface area contributed by atoms with E-state index in [-0.39, 0.29) is 42.0 Å².